The Morgan fingerprint density at radius 2 is 1.97 bits per heavy atom. The van der Waals surface area contributed by atoms with E-state index in [1.54, 1.807) is 10.9 Å². The number of piperidine rings is 1. The van der Waals surface area contributed by atoms with Gasteiger partial charge in [-0.25, -0.2) is 4.68 Å². The zero-order valence-corrected chi connectivity index (χ0v) is 16.9. The van der Waals surface area contributed by atoms with E-state index < -0.39 is 5.54 Å². The van der Waals surface area contributed by atoms with E-state index in [1.807, 2.05) is 66.2 Å². The van der Waals surface area contributed by atoms with E-state index in [2.05, 4.69) is 15.4 Å². The van der Waals surface area contributed by atoms with E-state index in [4.69, 9.17) is 5.73 Å². The molecular formula is C21H27N7O. The number of carbonyl (C=O) groups excluding carboxylic acids is 1. The van der Waals surface area contributed by atoms with E-state index in [0.717, 1.165) is 43.9 Å². The highest BCUT2D eigenvalue weighted by molar-refractivity contribution is 5.97. The molecule has 2 N–H and O–H groups in total. The molecule has 0 saturated carbocycles. The maximum Gasteiger partial charge on any atom is 0.256 e. The van der Waals surface area contributed by atoms with Gasteiger partial charge in [0.1, 0.15) is 5.69 Å². The van der Waals surface area contributed by atoms with Crippen molar-refractivity contribution in [3.05, 3.63) is 60.2 Å². The largest absolute Gasteiger partial charge is 0.339 e. The molecule has 0 aliphatic carbocycles. The summed E-state index contributed by atoms with van der Waals surface area (Å²) < 4.78 is 3.61. The molecule has 3 heterocycles. The highest BCUT2D eigenvalue weighted by Gasteiger charge is 2.26. The van der Waals surface area contributed by atoms with Crippen molar-refractivity contribution in [1.29, 1.82) is 0 Å². The Balaban J connectivity index is 1.39. The number of likely N-dealkylation sites (tertiary alicyclic amines) is 1. The summed E-state index contributed by atoms with van der Waals surface area (Å²) in [6.45, 7) is 6.12. The molecule has 8 nitrogen and oxygen atoms in total. The lowest BCUT2D eigenvalue weighted by Gasteiger charge is -2.32. The molecular weight excluding hydrogens is 366 g/mol. The molecule has 0 bridgehead atoms. The van der Waals surface area contributed by atoms with Gasteiger partial charge in [0.05, 0.1) is 23.0 Å². The molecule has 1 fully saturated rings. The Hall–Kier alpha value is -3.00. The molecule has 152 valence electrons. The smallest absolute Gasteiger partial charge is 0.256 e. The number of nitrogens with zero attached hydrogens (tertiary/aromatic N) is 6. The predicted molar refractivity (Wildman–Crippen MR) is 109 cm³/mol. The fraction of sp³-hybridized carbons (Fsp3) is 0.429. The lowest BCUT2D eigenvalue weighted by atomic mass is 9.96. The van der Waals surface area contributed by atoms with Crippen LogP contribution in [0.3, 0.4) is 0 Å². The van der Waals surface area contributed by atoms with Crippen LogP contribution in [0.4, 0.5) is 0 Å². The molecule has 1 saturated heterocycles. The van der Waals surface area contributed by atoms with Gasteiger partial charge in [0.15, 0.2) is 0 Å². The fourth-order valence-electron chi connectivity index (χ4n) is 3.70. The molecule has 1 aliphatic rings. The Kier molecular flexibility index (Phi) is 5.19. The molecule has 8 heteroatoms. The first-order valence-electron chi connectivity index (χ1n) is 9.99. The Labute approximate surface area is 170 Å². The van der Waals surface area contributed by atoms with Gasteiger partial charge in [-0.2, -0.15) is 5.10 Å². The Morgan fingerprint density at radius 3 is 2.62 bits per heavy atom. The molecule has 0 atom stereocenters. The molecule has 3 aromatic rings. The molecule has 0 unspecified atom stereocenters. The van der Waals surface area contributed by atoms with Gasteiger partial charge in [0.2, 0.25) is 0 Å². The zero-order valence-electron chi connectivity index (χ0n) is 16.9. The van der Waals surface area contributed by atoms with Gasteiger partial charge in [-0.05, 0) is 50.8 Å². The van der Waals surface area contributed by atoms with Crippen LogP contribution in [0.1, 0.15) is 42.7 Å². The van der Waals surface area contributed by atoms with Crippen LogP contribution < -0.4 is 5.73 Å². The summed E-state index contributed by atoms with van der Waals surface area (Å²) in [4.78, 5) is 15.1. The van der Waals surface area contributed by atoms with Crippen molar-refractivity contribution in [1.82, 2.24) is 29.7 Å². The fourth-order valence-corrected chi connectivity index (χ4v) is 3.70. The first kappa shape index (κ1) is 19.3. The third kappa shape index (κ3) is 4.22. The minimum atomic E-state index is -0.490. The van der Waals surface area contributed by atoms with Crippen molar-refractivity contribution in [2.45, 2.75) is 38.8 Å². The summed E-state index contributed by atoms with van der Waals surface area (Å²) in [6, 6.07) is 9.47. The SMILES string of the molecule is CC(C)(N)c1cn(CC2CCN(C(=O)c3ccccc3-n3cccn3)CC2)nn1. The maximum atomic E-state index is 13.1. The number of nitrogens with two attached hydrogens (primary N) is 1. The van der Waals surface area contributed by atoms with E-state index in [0.29, 0.717) is 11.5 Å². The third-order valence-electron chi connectivity index (χ3n) is 5.43. The minimum absolute atomic E-state index is 0.0578. The van der Waals surface area contributed by atoms with Crippen molar-refractivity contribution in [3.63, 3.8) is 0 Å². The standard InChI is InChI=1S/C21H27N7O/c1-21(2,22)19-15-27(25-24-19)14-16-8-12-26(13-9-16)20(29)17-6-3-4-7-18(17)28-11-5-10-23-28/h3-7,10-11,15-16H,8-9,12-14,22H2,1-2H3. The quantitative estimate of drug-likeness (QED) is 0.717. The summed E-state index contributed by atoms with van der Waals surface area (Å²) in [5.41, 5.74) is 7.88. The third-order valence-corrected chi connectivity index (χ3v) is 5.43. The summed E-state index contributed by atoms with van der Waals surface area (Å²) in [5.74, 6) is 0.526. The van der Waals surface area contributed by atoms with Crippen LogP contribution in [0.2, 0.25) is 0 Å². The van der Waals surface area contributed by atoms with Crippen molar-refractivity contribution in [3.8, 4) is 5.69 Å². The van der Waals surface area contributed by atoms with Crippen LogP contribution in [0.5, 0.6) is 0 Å². The van der Waals surface area contributed by atoms with Crippen LogP contribution in [0, 0.1) is 5.92 Å². The summed E-state index contributed by atoms with van der Waals surface area (Å²) >= 11 is 0. The number of amides is 1. The summed E-state index contributed by atoms with van der Waals surface area (Å²) in [6.07, 6.45) is 7.38. The molecule has 0 radical (unpaired) electrons. The van der Waals surface area contributed by atoms with Crippen LogP contribution in [-0.4, -0.2) is 48.7 Å². The van der Waals surface area contributed by atoms with E-state index in [1.165, 1.54) is 0 Å². The van der Waals surface area contributed by atoms with E-state index in [9.17, 15) is 4.79 Å². The second-order valence-electron chi connectivity index (χ2n) is 8.25. The Bertz CT molecular complexity index is 963. The van der Waals surface area contributed by atoms with Gasteiger partial charge in [-0.15, -0.1) is 5.10 Å². The highest BCUT2D eigenvalue weighted by Crippen LogP contribution is 2.23. The van der Waals surface area contributed by atoms with Gasteiger partial charge in [-0.1, -0.05) is 17.3 Å². The Morgan fingerprint density at radius 1 is 1.21 bits per heavy atom. The predicted octanol–water partition coefficient (Wildman–Crippen LogP) is 2.21. The molecule has 1 aliphatic heterocycles. The maximum absolute atomic E-state index is 13.1. The molecule has 1 aromatic carbocycles. The molecule has 2 aromatic heterocycles. The number of rotatable bonds is 5. The van der Waals surface area contributed by atoms with Gasteiger partial charge in [0, 0.05) is 32.0 Å². The summed E-state index contributed by atoms with van der Waals surface area (Å²) in [5, 5.41) is 12.7. The van der Waals surface area contributed by atoms with Gasteiger partial charge < -0.3 is 10.6 Å². The number of aromatic nitrogens is 5. The first-order valence-corrected chi connectivity index (χ1v) is 9.99. The monoisotopic (exact) mass is 393 g/mol. The second kappa shape index (κ2) is 7.79. The average Bonchev–Trinajstić information content (AvgIpc) is 3.40. The molecule has 0 spiro atoms. The number of hydrogen-bond acceptors (Lipinski definition) is 5. The normalized spacial score (nSPS) is 15.6. The number of benzene rings is 1. The van der Waals surface area contributed by atoms with Crippen molar-refractivity contribution in [2.24, 2.45) is 11.7 Å². The van der Waals surface area contributed by atoms with Crippen molar-refractivity contribution in [2.75, 3.05) is 13.1 Å². The lowest BCUT2D eigenvalue weighted by Crippen LogP contribution is -2.39. The summed E-state index contributed by atoms with van der Waals surface area (Å²) in [7, 11) is 0. The van der Waals surface area contributed by atoms with Gasteiger partial charge in [-0.3, -0.25) is 9.48 Å². The molecule has 4 rings (SSSR count). The topological polar surface area (TPSA) is 94.9 Å². The average molecular weight is 393 g/mol. The van der Waals surface area contributed by atoms with Gasteiger partial charge in [0.25, 0.3) is 5.91 Å². The van der Waals surface area contributed by atoms with Crippen LogP contribution in [-0.2, 0) is 12.1 Å². The van der Waals surface area contributed by atoms with Crippen molar-refractivity contribution < 1.29 is 4.79 Å². The molecule has 1 amide bonds. The zero-order chi connectivity index (χ0) is 20.4. The van der Waals surface area contributed by atoms with Crippen LogP contribution in [0.15, 0.2) is 48.9 Å². The minimum Gasteiger partial charge on any atom is -0.339 e. The molecule has 29 heavy (non-hydrogen) atoms. The van der Waals surface area contributed by atoms with Gasteiger partial charge >= 0.3 is 0 Å². The van der Waals surface area contributed by atoms with Crippen LogP contribution >= 0.6 is 0 Å². The van der Waals surface area contributed by atoms with E-state index >= 15 is 0 Å². The second-order valence-corrected chi connectivity index (χ2v) is 8.25. The lowest BCUT2D eigenvalue weighted by molar-refractivity contribution is 0.0681. The van der Waals surface area contributed by atoms with Crippen molar-refractivity contribution >= 4 is 5.91 Å². The number of hydrogen-bond donors (Lipinski definition) is 1. The number of para-hydroxylation sites is 1. The highest BCUT2D eigenvalue weighted by atomic mass is 16.2. The van der Waals surface area contributed by atoms with E-state index in [-0.39, 0.29) is 5.91 Å². The van der Waals surface area contributed by atoms with Crippen LogP contribution in [0.25, 0.3) is 5.69 Å². The first-order chi connectivity index (χ1) is 13.9. The number of carbonyl (C=O) groups is 1.